The first kappa shape index (κ1) is 84.5. The van der Waals surface area contributed by atoms with Gasteiger partial charge in [-0.15, -0.1) is 0 Å². The maximum Gasteiger partial charge on any atom is 0.281 e. The molecule has 7 aromatic heterocycles. The zero-order valence-electron chi connectivity index (χ0n) is 67.1. The number of nitrogens with one attached hydrogen (secondary N) is 4. The van der Waals surface area contributed by atoms with Gasteiger partial charge in [0.1, 0.15) is 29.0 Å². The van der Waals surface area contributed by atoms with Gasteiger partial charge in [-0.2, -0.15) is 21.8 Å². The van der Waals surface area contributed by atoms with Crippen molar-refractivity contribution in [2.24, 2.45) is 23.2 Å². The van der Waals surface area contributed by atoms with Gasteiger partial charge in [-0.3, -0.25) is 24.0 Å². The van der Waals surface area contributed by atoms with Crippen LogP contribution in [0.15, 0.2) is 166 Å². The Hall–Kier alpha value is -11.4. The van der Waals surface area contributed by atoms with Crippen LogP contribution in [0, 0.1) is 37.0 Å². The van der Waals surface area contributed by atoms with Gasteiger partial charge in [0, 0.05) is 71.9 Å². The minimum Gasteiger partial charge on any atom is -0.493 e. The van der Waals surface area contributed by atoms with E-state index < -0.39 is 63.3 Å². The Morgan fingerprint density at radius 2 is 1.17 bits per heavy atom. The van der Waals surface area contributed by atoms with E-state index in [0.29, 0.717) is 90.0 Å². The summed E-state index contributed by atoms with van der Waals surface area (Å²) in [6, 6.07) is 35.0. The molecule has 2 aromatic carbocycles. The van der Waals surface area contributed by atoms with Crippen LogP contribution < -0.4 is 59.1 Å². The second kappa shape index (κ2) is 33.6. The third-order valence-electron chi connectivity index (χ3n) is 20.1. The quantitative estimate of drug-likeness (QED) is 0.0371. The number of nitrogens with zero attached hydrogens (tertiary/aromatic N) is 9. The van der Waals surface area contributed by atoms with Crippen molar-refractivity contribution < 1.29 is 63.4 Å². The maximum atomic E-state index is 13.6. The van der Waals surface area contributed by atoms with E-state index in [4.69, 9.17) is 34.6 Å². The van der Waals surface area contributed by atoms with Crippen molar-refractivity contribution in [2.45, 2.75) is 161 Å². The largest absolute Gasteiger partial charge is 0.493 e. The number of hydrogen-bond acceptors (Lipinski definition) is 25. The number of aryl methyl sites for hydroxylation is 2. The first-order valence-corrected chi connectivity index (χ1v) is 42.2. The monoisotopic (exact) mass is 1630 g/mol. The van der Waals surface area contributed by atoms with Crippen LogP contribution in [-0.4, -0.2) is 140 Å². The van der Waals surface area contributed by atoms with E-state index in [0.717, 1.165) is 67.2 Å². The van der Waals surface area contributed by atoms with Gasteiger partial charge >= 0.3 is 0 Å². The lowest BCUT2D eigenvalue weighted by Gasteiger charge is -2.34. The van der Waals surface area contributed by atoms with Crippen LogP contribution in [0.2, 0.25) is 0 Å². The molecule has 3 saturated heterocycles. The zero-order chi connectivity index (χ0) is 83.5. The van der Waals surface area contributed by atoms with Crippen molar-refractivity contribution in [1.82, 2.24) is 49.1 Å². The number of ether oxygens (including phenoxy) is 4. The lowest BCUT2D eigenvalue weighted by molar-refractivity contribution is 0.0972. The highest BCUT2D eigenvalue weighted by Gasteiger charge is 2.56. The first-order valence-electron chi connectivity index (χ1n) is 37.7. The molecule has 1 spiro atoms. The highest BCUT2D eigenvalue weighted by atomic mass is 32.2. The highest BCUT2D eigenvalue weighted by Crippen LogP contribution is 2.59. The summed E-state index contributed by atoms with van der Waals surface area (Å²) in [5.74, 6) is 1.53. The molecule has 1 aliphatic carbocycles. The Labute approximate surface area is 670 Å². The topological polar surface area (TPSA) is 390 Å². The number of aromatic amines is 1. The molecule has 2 atom stereocenters. The van der Waals surface area contributed by atoms with Crippen LogP contribution in [0.25, 0.3) is 22.6 Å². The van der Waals surface area contributed by atoms with Gasteiger partial charge in [0.15, 0.2) is 32.2 Å². The summed E-state index contributed by atoms with van der Waals surface area (Å²) in [6.45, 7) is 31.4. The number of nitrogen functional groups attached to an aromatic ring is 1. The van der Waals surface area contributed by atoms with Crippen LogP contribution >= 0.6 is 0 Å². The zero-order valence-corrected chi connectivity index (χ0v) is 69.6. The molecule has 4 aliphatic rings. The fraction of sp³-hybridized carbons (Fsp3) is 0.386. The molecule has 608 valence electrons. The van der Waals surface area contributed by atoms with E-state index in [9.17, 15) is 49.2 Å². The molecule has 1 saturated carbocycles. The molecule has 0 radical (unpaired) electrons. The van der Waals surface area contributed by atoms with Crippen molar-refractivity contribution >= 4 is 76.8 Å². The van der Waals surface area contributed by atoms with E-state index >= 15 is 0 Å². The van der Waals surface area contributed by atoms with Crippen LogP contribution in [0.3, 0.4) is 0 Å². The predicted octanol–water partition coefficient (Wildman–Crippen LogP) is 12.5. The fourth-order valence-electron chi connectivity index (χ4n) is 15.0. The Bertz CT molecular complexity index is 5640. The summed E-state index contributed by atoms with van der Waals surface area (Å²) < 4.78 is 107. The van der Waals surface area contributed by atoms with Crippen LogP contribution in [0.1, 0.15) is 168 Å². The van der Waals surface area contributed by atoms with Crippen LogP contribution in [-0.2, 0) is 30.1 Å². The van der Waals surface area contributed by atoms with E-state index in [-0.39, 0.29) is 72.7 Å². The summed E-state index contributed by atoms with van der Waals surface area (Å²) in [6.07, 6.45) is 7.94. The van der Waals surface area contributed by atoms with Gasteiger partial charge in [0.25, 0.3) is 53.4 Å². The molecule has 115 heavy (non-hydrogen) atoms. The summed E-state index contributed by atoms with van der Waals surface area (Å²) in [5.41, 5.74) is 9.71. The number of Topliss-reactive ketones (excluding diaryl/α,β-unsaturated/α-hetero) is 1. The average Bonchev–Trinajstić information content (AvgIpc) is 1.57. The number of benzene rings is 2. The number of ketones is 1. The molecule has 3 aliphatic heterocycles. The number of nitrogens with two attached hydrogens (primary N) is 1. The van der Waals surface area contributed by atoms with Gasteiger partial charge in [-0.25, -0.2) is 47.5 Å². The first-order chi connectivity index (χ1) is 54.1. The summed E-state index contributed by atoms with van der Waals surface area (Å²) >= 11 is 0. The normalized spacial score (nSPS) is 17.0. The third kappa shape index (κ3) is 19.9. The summed E-state index contributed by atoms with van der Waals surface area (Å²) in [4.78, 5) is 98.6. The number of anilines is 4. The highest BCUT2D eigenvalue weighted by molar-refractivity contribution is 7.90. The predicted molar refractivity (Wildman–Crippen MR) is 437 cm³/mol. The molecular formula is C83H98N14O15S3. The lowest BCUT2D eigenvalue weighted by atomic mass is 9.94. The maximum absolute atomic E-state index is 13.6. The number of rotatable bonds is 23. The molecule has 10 heterocycles. The second-order valence-corrected chi connectivity index (χ2v) is 36.9. The van der Waals surface area contributed by atoms with Gasteiger partial charge in [-0.1, -0.05) is 39.8 Å². The number of methoxy groups -OCH3 is 1. The van der Waals surface area contributed by atoms with Crippen LogP contribution in [0.4, 0.5) is 23.3 Å². The lowest BCUT2D eigenvalue weighted by Crippen LogP contribution is -2.41. The average molecular weight is 1630 g/mol. The number of carbonyl (C=O) groups excluding carboxylic acids is 4. The van der Waals surface area contributed by atoms with E-state index in [1.54, 1.807) is 48.7 Å². The molecule has 32 heteroatoms. The number of pyridine rings is 7. The Morgan fingerprint density at radius 1 is 0.591 bits per heavy atom. The SMILES string of the molecule is CCOc1cc(C)cc(-c2ccc(C(=O)NS(=O)(=O)c3ccc[nH]c3=O)c(N3C[C@@H](C)CC3(C)C)n2)n1.COc1cc(C(C)=O)ccc1Oc1cccc(S(=O)(=O)NC(=O)c2cccnc2N2CC(C)CC2(C)C)n1.Cc1cc(OCC(C)C)cc(-c2ccc(C(=O)NS(=O)(=O)c3cccc(N)n3)c(N3CC4(CC4)CC3(C)C)n2)c1. The minimum absolute atomic E-state index is 0.0379. The van der Waals surface area contributed by atoms with E-state index in [1.807, 2.05) is 65.6 Å². The molecule has 3 amide bonds. The number of carbonyl (C=O) groups is 4. The standard InChI is InChI=1S/C30H37N5O4S.C27H30N4O6S.C26H31N5O5S/c1-19(2)16-39-22-14-20(3)13-21(15-22)24-10-9-23(27(32-24)35-18-30(11-12-30)17-29(35,4)5)28(36)34-40(37,38)26-8-6-7-25(31)33-26;1-17-15-27(3,4)31(16-17)25-20(8-7-13-28-25)26(33)30-38(34,35)24-10-6-9-23(29-24)37-21-12-11-19(18(2)32)14-22(21)36-5;1-6-36-22-13-16(2)12-20(28-22)19-10-9-18(23(29-19)31-15-17(3)14-26(31,4)5)24(32)30-37(34,35)21-8-7-11-27-25(21)33/h6-10,13-15,19H,11-12,16-18H2,1-5H3,(H2,31,33)(H,34,36);6-14,17H,15-16H2,1-5H3,(H,30,33);7-13,17H,6,14-15H2,1-5H3,(H,27,33)(H,30,32)/t;;17-/m..0/s1. The molecular weight excluding hydrogens is 1530 g/mol. The third-order valence-corrected chi connectivity index (χ3v) is 24.0. The molecule has 4 fully saturated rings. The molecule has 6 N–H and O–H groups in total. The van der Waals surface area contributed by atoms with Gasteiger partial charge < -0.3 is 44.4 Å². The van der Waals surface area contributed by atoms with Crippen molar-refractivity contribution in [3.8, 4) is 51.7 Å². The van der Waals surface area contributed by atoms with Crippen molar-refractivity contribution in [3.63, 3.8) is 0 Å². The minimum atomic E-state index is -4.42. The van der Waals surface area contributed by atoms with Gasteiger partial charge in [-0.05, 0) is 245 Å². The molecule has 13 rings (SSSR count). The Balaban J connectivity index is 0.000000170. The van der Waals surface area contributed by atoms with Gasteiger partial charge in [0.2, 0.25) is 11.8 Å². The molecule has 29 nitrogen and oxygen atoms in total. The summed E-state index contributed by atoms with van der Waals surface area (Å²) in [5, 5.41) is -0.720. The molecule has 0 bridgehead atoms. The number of aromatic nitrogens is 7. The van der Waals surface area contributed by atoms with Crippen molar-refractivity contribution in [3.05, 3.63) is 190 Å². The number of H-pyrrole nitrogens is 1. The number of hydrogen-bond donors (Lipinski definition) is 5. The van der Waals surface area contributed by atoms with Crippen molar-refractivity contribution in [1.29, 1.82) is 0 Å². The Morgan fingerprint density at radius 3 is 1.75 bits per heavy atom. The smallest absolute Gasteiger partial charge is 0.281 e. The Kier molecular flexibility index (Phi) is 24.7. The summed E-state index contributed by atoms with van der Waals surface area (Å²) in [7, 11) is -11.6. The fourth-order valence-corrected chi connectivity index (χ4v) is 17.9. The van der Waals surface area contributed by atoms with E-state index in [2.05, 4.69) is 109 Å². The van der Waals surface area contributed by atoms with E-state index in [1.165, 1.54) is 74.8 Å². The number of sulfonamides is 3. The van der Waals surface area contributed by atoms with Crippen LogP contribution in [0.5, 0.6) is 29.0 Å². The van der Waals surface area contributed by atoms with Gasteiger partial charge in [0.05, 0.1) is 54.1 Å². The second-order valence-electron chi connectivity index (χ2n) is 32.0. The number of amides is 3. The molecule has 9 aromatic rings. The molecule has 1 unspecified atom stereocenters. The van der Waals surface area contributed by atoms with Crippen molar-refractivity contribution in [2.75, 3.05) is 60.4 Å².